The summed E-state index contributed by atoms with van der Waals surface area (Å²) >= 11 is 6.04. The van der Waals surface area contributed by atoms with Crippen LogP contribution in [0.15, 0.2) is 55.2 Å². The summed E-state index contributed by atoms with van der Waals surface area (Å²) in [6, 6.07) is 7.81. The molecule has 3 rings (SSSR count). The average molecular weight is 392 g/mol. The number of sulfonamides is 1. The Labute approximate surface area is 154 Å². The van der Waals surface area contributed by atoms with Gasteiger partial charge in [0.1, 0.15) is 12.1 Å². The molecule has 2 heterocycles. The Bertz CT molecular complexity index is 1030. The van der Waals surface area contributed by atoms with E-state index < -0.39 is 10.0 Å². The molecule has 0 saturated heterocycles. The van der Waals surface area contributed by atoms with Gasteiger partial charge in [-0.2, -0.15) is 0 Å². The number of halogens is 1. The average Bonchev–Trinajstić information content (AvgIpc) is 3.11. The molecule has 1 amide bonds. The van der Waals surface area contributed by atoms with E-state index in [0.29, 0.717) is 17.1 Å². The van der Waals surface area contributed by atoms with Gasteiger partial charge in [0.25, 0.3) is 5.91 Å². The van der Waals surface area contributed by atoms with Gasteiger partial charge in [0.2, 0.25) is 10.0 Å². The highest BCUT2D eigenvalue weighted by atomic mass is 35.5. The minimum absolute atomic E-state index is 0.168. The Hall–Kier alpha value is -2.91. The van der Waals surface area contributed by atoms with E-state index in [0.717, 1.165) is 6.26 Å². The minimum atomic E-state index is -3.44. The van der Waals surface area contributed by atoms with Crippen molar-refractivity contribution in [2.24, 2.45) is 0 Å². The Morgan fingerprint density at radius 3 is 2.62 bits per heavy atom. The number of aromatic nitrogens is 3. The third-order valence-electron chi connectivity index (χ3n) is 3.30. The predicted octanol–water partition coefficient (Wildman–Crippen LogP) is 2.54. The first-order valence-electron chi connectivity index (χ1n) is 7.35. The molecule has 0 spiro atoms. The van der Waals surface area contributed by atoms with Crippen molar-refractivity contribution in [2.75, 3.05) is 16.3 Å². The maximum atomic E-state index is 12.3. The molecule has 10 heteroatoms. The van der Waals surface area contributed by atoms with Gasteiger partial charge in [-0.1, -0.05) is 11.6 Å². The summed E-state index contributed by atoms with van der Waals surface area (Å²) in [5, 5.41) is 2.85. The van der Waals surface area contributed by atoms with Crippen LogP contribution in [-0.4, -0.2) is 35.1 Å². The van der Waals surface area contributed by atoms with Crippen molar-refractivity contribution in [3.05, 3.63) is 65.8 Å². The normalized spacial score (nSPS) is 11.2. The maximum absolute atomic E-state index is 12.3. The maximum Gasteiger partial charge on any atom is 0.257 e. The van der Waals surface area contributed by atoms with Crippen molar-refractivity contribution in [2.45, 2.75) is 0 Å². The number of imidazole rings is 1. The Morgan fingerprint density at radius 2 is 2.04 bits per heavy atom. The summed E-state index contributed by atoms with van der Waals surface area (Å²) in [6.07, 6.45) is 7.46. The standard InChI is InChI=1S/C16H14ClN5O3S/c1-26(24,25)21-14-4-3-12(8-13(14)17)20-16(23)11-2-5-15(19-9-11)22-7-6-18-10-22/h2-10,21H,1H3,(H,20,23). The second-order valence-electron chi connectivity index (χ2n) is 5.40. The summed E-state index contributed by atoms with van der Waals surface area (Å²) in [5.41, 5.74) is 1.03. The topological polar surface area (TPSA) is 106 Å². The monoisotopic (exact) mass is 391 g/mol. The molecule has 0 aliphatic rings. The molecule has 0 aliphatic heterocycles. The molecule has 134 valence electrons. The minimum Gasteiger partial charge on any atom is -0.322 e. The fourth-order valence-electron chi connectivity index (χ4n) is 2.15. The van der Waals surface area contributed by atoms with Crippen molar-refractivity contribution in [1.82, 2.24) is 14.5 Å². The number of nitrogens with zero attached hydrogens (tertiary/aromatic N) is 3. The summed E-state index contributed by atoms with van der Waals surface area (Å²) in [4.78, 5) is 20.5. The van der Waals surface area contributed by atoms with E-state index in [4.69, 9.17) is 11.6 Å². The molecular weight excluding hydrogens is 378 g/mol. The van der Waals surface area contributed by atoms with Crippen molar-refractivity contribution in [3.63, 3.8) is 0 Å². The quantitative estimate of drug-likeness (QED) is 0.695. The molecule has 1 aromatic carbocycles. The van der Waals surface area contributed by atoms with E-state index in [1.54, 1.807) is 41.5 Å². The molecule has 0 unspecified atom stereocenters. The smallest absolute Gasteiger partial charge is 0.257 e. The van der Waals surface area contributed by atoms with Crippen LogP contribution in [0.1, 0.15) is 10.4 Å². The fourth-order valence-corrected chi connectivity index (χ4v) is 3.01. The summed E-state index contributed by atoms with van der Waals surface area (Å²) in [6.45, 7) is 0. The SMILES string of the molecule is CS(=O)(=O)Nc1ccc(NC(=O)c2ccc(-n3ccnc3)nc2)cc1Cl. The van der Waals surface area contributed by atoms with Crippen LogP contribution in [0, 0.1) is 0 Å². The van der Waals surface area contributed by atoms with E-state index in [2.05, 4.69) is 20.0 Å². The van der Waals surface area contributed by atoms with Crippen LogP contribution >= 0.6 is 11.6 Å². The molecule has 0 aliphatic carbocycles. The Balaban J connectivity index is 1.72. The predicted molar refractivity (Wildman–Crippen MR) is 99.2 cm³/mol. The van der Waals surface area contributed by atoms with Crippen LogP contribution in [0.4, 0.5) is 11.4 Å². The van der Waals surface area contributed by atoms with Gasteiger partial charge in [0.15, 0.2) is 0 Å². The van der Waals surface area contributed by atoms with Gasteiger partial charge >= 0.3 is 0 Å². The molecule has 26 heavy (non-hydrogen) atoms. The first-order chi connectivity index (χ1) is 12.3. The highest BCUT2D eigenvalue weighted by Crippen LogP contribution is 2.26. The molecule has 0 fully saturated rings. The van der Waals surface area contributed by atoms with Gasteiger partial charge < -0.3 is 5.32 Å². The van der Waals surface area contributed by atoms with Crippen LogP contribution < -0.4 is 10.0 Å². The molecule has 2 N–H and O–H groups in total. The molecular formula is C16H14ClN5O3S. The van der Waals surface area contributed by atoms with Crippen molar-refractivity contribution >= 4 is 38.9 Å². The lowest BCUT2D eigenvalue weighted by molar-refractivity contribution is 0.102. The van der Waals surface area contributed by atoms with E-state index in [9.17, 15) is 13.2 Å². The van der Waals surface area contributed by atoms with E-state index in [1.807, 2.05) is 0 Å². The molecule has 0 bridgehead atoms. The van der Waals surface area contributed by atoms with Gasteiger partial charge in [0, 0.05) is 24.3 Å². The lowest BCUT2D eigenvalue weighted by Crippen LogP contribution is -2.13. The number of benzene rings is 1. The number of rotatable bonds is 5. The highest BCUT2D eigenvalue weighted by molar-refractivity contribution is 7.92. The lowest BCUT2D eigenvalue weighted by Gasteiger charge is -2.10. The number of carbonyl (C=O) groups is 1. The third-order valence-corrected chi connectivity index (χ3v) is 4.20. The molecule has 0 saturated carbocycles. The highest BCUT2D eigenvalue weighted by Gasteiger charge is 2.10. The molecule has 3 aromatic rings. The first-order valence-corrected chi connectivity index (χ1v) is 9.62. The summed E-state index contributed by atoms with van der Waals surface area (Å²) < 4.78 is 26.5. The van der Waals surface area contributed by atoms with Crippen LogP contribution in [-0.2, 0) is 10.0 Å². The van der Waals surface area contributed by atoms with Crippen LogP contribution in [0.2, 0.25) is 5.02 Å². The number of carbonyl (C=O) groups excluding carboxylic acids is 1. The first kappa shape index (κ1) is 17.9. The molecule has 0 radical (unpaired) electrons. The van der Waals surface area contributed by atoms with Crippen LogP contribution in [0.25, 0.3) is 5.82 Å². The summed E-state index contributed by atoms with van der Waals surface area (Å²) in [5.74, 6) is 0.271. The fraction of sp³-hybridized carbons (Fsp3) is 0.0625. The van der Waals surface area contributed by atoms with Gasteiger partial charge in [-0.25, -0.2) is 18.4 Å². The second kappa shape index (κ2) is 7.14. The lowest BCUT2D eigenvalue weighted by atomic mass is 10.2. The molecule has 8 nitrogen and oxygen atoms in total. The zero-order valence-electron chi connectivity index (χ0n) is 13.5. The van der Waals surface area contributed by atoms with Gasteiger partial charge in [0.05, 0.1) is 22.5 Å². The Morgan fingerprint density at radius 1 is 1.23 bits per heavy atom. The zero-order valence-corrected chi connectivity index (χ0v) is 15.1. The third kappa shape index (κ3) is 4.38. The zero-order chi connectivity index (χ0) is 18.7. The van der Waals surface area contributed by atoms with Gasteiger partial charge in [-0.05, 0) is 30.3 Å². The number of amides is 1. The van der Waals surface area contributed by atoms with E-state index >= 15 is 0 Å². The van der Waals surface area contributed by atoms with E-state index in [1.165, 1.54) is 18.3 Å². The van der Waals surface area contributed by atoms with E-state index in [-0.39, 0.29) is 16.6 Å². The van der Waals surface area contributed by atoms with Crippen LogP contribution in [0.3, 0.4) is 0 Å². The van der Waals surface area contributed by atoms with Gasteiger partial charge in [-0.15, -0.1) is 0 Å². The number of anilines is 2. The number of hydrogen-bond donors (Lipinski definition) is 2. The van der Waals surface area contributed by atoms with Crippen LogP contribution in [0.5, 0.6) is 0 Å². The number of nitrogens with one attached hydrogen (secondary N) is 2. The van der Waals surface area contributed by atoms with Gasteiger partial charge in [-0.3, -0.25) is 14.1 Å². The number of hydrogen-bond acceptors (Lipinski definition) is 5. The number of pyridine rings is 1. The Kier molecular flexibility index (Phi) is 4.92. The van der Waals surface area contributed by atoms with Crippen molar-refractivity contribution in [3.8, 4) is 5.82 Å². The molecule has 2 aromatic heterocycles. The van der Waals surface area contributed by atoms with Crippen molar-refractivity contribution < 1.29 is 13.2 Å². The molecule has 0 atom stereocenters. The second-order valence-corrected chi connectivity index (χ2v) is 7.55. The summed E-state index contributed by atoms with van der Waals surface area (Å²) in [7, 11) is -3.44. The largest absolute Gasteiger partial charge is 0.322 e. The van der Waals surface area contributed by atoms with Crippen molar-refractivity contribution in [1.29, 1.82) is 0 Å².